The van der Waals surface area contributed by atoms with Gasteiger partial charge in [0.25, 0.3) is 0 Å². The van der Waals surface area contributed by atoms with Crippen molar-refractivity contribution in [1.82, 2.24) is 4.90 Å². The molecule has 3 aliphatic rings. The number of benzene rings is 2. The van der Waals surface area contributed by atoms with Crippen molar-refractivity contribution in [3.05, 3.63) is 65.2 Å². The molecule has 5 rings (SSSR count). The third-order valence-corrected chi connectivity index (χ3v) is 9.63. The average Bonchev–Trinajstić information content (AvgIpc) is 3.00. The first-order valence-electron chi connectivity index (χ1n) is 15.6. The van der Waals surface area contributed by atoms with Crippen LogP contribution in [-0.2, 0) is 32.7 Å². The highest BCUT2D eigenvalue weighted by Crippen LogP contribution is 2.56. The summed E-state index contributed by atoms with van der Waals surface area (Å²) in [5, 5.41) is 0. The standard InChI is InChI=1S/C34H45NO6/c1-3-5-11-25(4-2)22-39-33(37)41-24-40-28-16-15-27-20-31-29-14-9-10-17-34(29,30(27)21-28)18-19-35(31)32(36)38-23-26-12-7-6-8-13-26/h6-8,12-13,15-16,21,25,29,31H,3-5,9-11,14,17-20,22-24H2,1-2H3/t25?,29-,31+,34+/m1/s1. The molecule has 7 nitrogen and oxygen atoms in total. The highest BCUT2D eigenvalue weighted by atomic mass is 16.8. The van der Waals surface area contributed by atoms with E-state index in [2.05, 4.69) is 26.0 Å². The Hall–Kier alpha value is -3.22. The van der Waals surface area contributed by atoms with E-state index in [4.69, 9.17) is 18.9 Å². The predicted molar refractivity (Wildman–Crippen MR) is 157 cm³/mol. The molecular formula is C34H45NO6. The van der Waals surface area contributed by atoms with E-state index in [9.17, 15) is 9.59 Å². The summed E-state index contributed by atoms with van der Waals surface area (Å²) in [5.41, 5.74) is 3.66. The third kappa shape index (κ3) is 6.65. The molecule has 1 amide bonds. The molecule has 2 fully saturated rings. The second kappa shape index (κ2) is 13.6. The zero-order valence-electron chi connectivity index (χ0n) is 24.6. The van der Waals surface area contributed by atoms with E-state index in [0.29, 0.717) is 37.3 Å². The van der Waals surface area contributed by atoms with Crippen LogP contribution in [0.5, 0.6) is 5.75 Å². The summed E-state index contributed by atoms with van der Waals surface area (Å²) >= 11 is 0. The molecule has 1 unspecified atom stereocenters. The number of unbranched alkanes of at least 4 members (excludes halogenated alkanes) is 1. The molecule has 1 heterocycles. The van der Waals surface area contributed by atoms with Crippen LogP contribution in [0.25, 0.3) is 0 Å². The van der Waals surface area contributed by atoms with E-state index in [1.54, 1.807) is 0 Å². The number of rotatable bonds is 11. The van der Waals surface area contributed by atoms with Gasteiger partial charge in [0.2, 0.25) is 6.79 Å². The van der Waals surface area contributed by atoms with E-state index in [-0.39, 0.29) is 24.3 Å². The molecule has 0 spiro atoms. The van der Waals surface area contributed by atoms with Crippen molar-refractivity contribution in [3.8, 4) is 5.75 Å². The average molecular weight is 564 g/mol. The Morgan fingerprint density at radius 2 is 1.88 bits per heavy atom. The van der Waals surface area contributed by atoms with Crippen molar-refractivity contribution < 1.29 is 28.5 Å². The van der Waals surface area contributed by atoms with Gasteiger partial charge in [0.05, 0.1) is 6.61 Å². The number of fused-ring (bicyclic) bond motifs is 1. The Balaban J connectivity index is 1.21. The van der Waals surface area contributed by atoms with E-state index in [0.717, 1.165) is 56.9 Å². The molecule has 0 radical (unpaired) electrons. The van der Waals surface area contributed by atoms with E-state index >= 15 is 0 Å². The molecule has 2 bridgehead atoms. The Morgan fingerprint density at radius 1 is 1.02 bits per heavy atom. The maximum Gasteiger partial charge on any atom is 0.511 e. The molecule has 7 heteroatoms. The number of nitrogens with zero attached hydrogens (tertiary/aromatic N) is 1. The zero-order valence-corrected chi connectivity index (χ0v) is 24.6. The van der Waals surface area contributed by atoms with Gasteiger partial charge in [0, 0.05) is 18.0 Å². The fourth-order valence-corrected chi connectivity index (χ4v) is 7.37. The molecule has 0 aromatic heterocycles. The lowest BCUT2D eigenvalue weighted by molar-refractivity contribution is -0.0146. The molecule has 4 atom stereocenters. The van der Waals surface area contributed by atoms with Crippen LogP contribution in [0.4, 0.5) is 9.59 Å². The Labute approximate surface area is 244 Å². The van der Waals surface area contributed by atoms with Crippen molar-refractivity contribution in [1.29, 1.82) is 0 Å². The zero-order chi connectivity index (χ0) is 28.7. The largest absolute Gasteiger partial charge is 0.511 e. The molecule has 41 heavy (non-hydrogen) atoms. The van der Waals surface area contributed by atoms with E-state index in [1.165, 1.54) is 24.0 Å². The summed E-state index contributed by atoms with van der Waals surface area (Å²) in [6, 6.07) is 16.2. The van der Waals surface area contributed by atoms with Crippen LogP contribution in [0.1, 0.15) is 88.3 Å². The lowest BCUT2D eigenvalue weighted by Gasteiger charge is -2.58. The predicted octanol–water partition coefficient (Wildman–Crippen LogP) is 7.79. The van der Waals surface area contributed by atoms with Crippen LogP contribution >= 0.6 is 0 Å². The first-order valence-corrected chi connectivity index (χ1v) is 15.6. The van der Waals surface area contributed by atoms with Gasteiger partial charge in [0.15, 0.2) is 0 Å². The summed E-state index contributed by atoms with van der Waals surface area (Å²) < 4.78 is 22.2. The Morgan fingerprint density at radius 3 is 2.68 bits per heavy atom. The smallest absolute Gasteiger partial charge is 0.457 e. The second-order valence-corrected chi connectivity index (χ2v) is 12.0. The third-order valence-electron chi connectivity index (χ3n) is 9.63. The molecule has 1 saturated heterocycles. The highest BCUT2D eigenvalue weighted by molar-refractivity contribution is 5.69. The number of ether oxygens (including phenoxy) is 4. The maximum atomic E-state index is 13.3. The Kier molecular flexibility index (Phi) is 9.73. The van der Waals surface area contributed by atoms with Crippen LogP contribution in [-0.4, -0.2) is 43.1 Å². The van der Waals surface area contributed by atoms with Gasteiger partial charge in [-0.2, -0.15) is 0 Å². The number of hydrogen-bond donors (Lipinski definition) is 0. The molecule has 2 aliphatic carbocycles. The van der Waals surface area contributed by atoms with Gasteiger partial charge in [0.1, 0.15) is 12.4 Å². The van der Waals surface area contributed by atoms with Crippen LogP contribution in [0.15, 0.2) is 48.5 Å². The fraction of sp³-hybridized carbons (Fsp3) is 0.588. The van der Waals surface area contributed by atoms with Crippen LogP contribution in [0.3, 0.4) is 0 Å². The van der Waals surface area contributed by atoms with Gasteiger partial charge >= 0.3 is 12.2 Å². The first kappa shape index (κ1) is 29.3. The number of hydrogen-bond acceptors (Lipinski definition) is 6. The van der Waals surface area contributed by atoms with Crippen molar-refractivity contribution in [3.63, 3.8) is 0 Å². The summed E-state index contributed by atoms with van der Waals surface area (Å²) in [6.45, 7) is 5.49. The van der Waals surface area contributed by atoms with Crippen molar-refractivity contribution in [2.75, 3.05) is 19.9 Å². The number of likely N-dealkylation sites (tertiary alicyclic amines) is 1. The van der Waals surface area contributed by atoms with Gasteiger partial charge in [-0.15, -0.1) is 0 Å². The minimum Gasteiger partial charge on any atom is -0.457 e. The number of carbonyl (C=O) groups excluding carboxylic acids is 2. The lowest BCUT2D eigenvalue weighted by Crippen LogP contribution is -2.62. The molecule has 0 N–H and O–H groups in total. The van der Waals surface area contributed by atoms with Gasteiger partial charge in [-0.1, -0.05) is 82.3 Å². The summed E-state index contributed by atoms with van der Waals surface area (Å²) in [4.78, 5) is 27.4. The van der Waals surface area contributed by atoms with Gasteiger partial charge < -0.3 is 23.8 Å². The fourth-order valence-electron chi connectivity index (χ4n) is 7.37. The summed E-state index contributed by atoms with van der Waals surface area (Å²) in [5.74, 6) is 1.47. The number of piperidine rings is 1. The lowest BCUT2D eigenvalue weighted by atomic mass is 9.52. The molecular weight excluding hydrogens is 518 g/mol. The molecule has 1 saturated carbocycles. The molecule has 2 aromatic carbocycles. The topological polar surface area (TPSA) is 74.3 Å². The van der Waals surface area contributed by atoms with Gasteiger partial charge in [-0.05, 0) is 72.8 Å². The highest BCUT2D eigenvalue weighted by Gasteiger charge is 2.55. The normalized spacial score (nSPS) is 23.5. The van der Waals surface area contributed by atoms with Crippen molar-refractivity contribution in [2.45, 2.75) is 96.1 Å². The second-order valence-electron chi connectivity index (χ2n) is 12.0. The monoisotopic (exact) mass is 563 g/mol. The molecule has 1 aliphatic heterocycles. The molecule has 2 aromatic rings. The van der Waals surface area contributed by atoms with Crippen molar-refractivity contribution >= 4 is 12.2 Å². The summed E-state index contributed by atoms with van der Waals surface area (Å²) in [7, 11) is 0. The molecule has 222 valence electrons. The maximum absolute atomic E-state index is 13.3. The Bertz CT molecular complexity index is 1170. The van der Waals surface area contributed by atoms with Crippen LogP contribution in [0.2, 0.25) is 0 Å². The quantitative estimate of drug-likeness (QED) is 0.205. The first-order chi connectivity index (χ1) is 20.0. The number of amides is 1. The minimum absolute atomic E-state index is 0.0412. The number of carbonyl (C=O) groups is 2. The van der Waals surface area contributed by atoms with E-state index < -0.39 is 6.16 Å². The van der Waals surface area contributed by atoms with Gasteiger partial charge in [-0.25, -0.2) is 9.59 Å². The van der Waals surface area contributed by atoms with E-state index in [1.807, 2.05) is 41.3 Å². The van der Waals surface area contributed by atoms with Crippen LogP contribution in [0, 0.1) is 11.8 Å². The summed E-state index contributed by atoms with van der Waals surface area (Å²) in [6.07, 6.45) is 9.78. The SMILES string of the molecule is CCCCC(CC)COC(=O)OCOc1ccc2c(c1)[C@]13CCCC[C@@H]1[C@H](C2)N(C(=O)OCc1ccccc1)CC3. The minimum atomic E-state index is -0.682. The van der Waals surface area contributed by atoms with Gasteiger partial charge in [-0.3, -0.25) is 0 Å². The van der Waals surface area contributed by atoms with Crippen molar-refractivity contribution in [2.24, 2.45) is 11.8 Å². The van der Waals surface area contributed by atoms with Crippen LogP contribution < -0.4 is 4.74 Å².